The highest BCUT2D eigenvalue weighted by Crippen LogP contribution is 2.27. The van der Waals surface area contributed by atoms with Gasteiger partial charge in [-0.05, 0) is 37.2 Å². The Morgan fingerprint density at radius 2 is 1.74 bits per heavy atom. The number of likely N-dealkylation sites (N-methyl/N-ethyl adjacent to an activating group) is 1. The van der Waals surface area contributed by atoms with Crippen molar-refractivity contribution in [2.75, 3.05) is 45.7 Å². The van der Waals surface area contributed by atoms with Gasteiger partial charge in [-0.1, -0.05) is 6.07 Å². The molecule has 1 aliphatic heterocycles. The average Bonchev–Trinajstić information content (AvgIpc) is 2.85. The van der Waals surface area contributed by atoms with Crippen LogP contribution in [0.4, 0.5) is 20.5 Å². The van der Waals surface area contributed by atoms with Crippen molar-refractivity contribution < 1.29 is 18.3 Å². The van der Waals surface area contributed by atoms with Gasteiger partial charge in [0.25, 0.3) is 0 Å². The molecule has 180 valence electrons. The highest BCUT2D eigenvalue weighted by Gasteiger charge is 2.18. The van der Waals surface area contributed by atoms with Gasteiger partial charge in [0.1, 0.15) is 18.2 Å². The van der Waals surface area contributed by atoms with E-state index in [1.807, 2.05) is 18.3 Å². The molecule has 0 radical (unpaired) electrons. The highest BCUT2D eigenvalue weighted by molar-refractivity contribution is 5.47. The van der Waals surface area contributed by atoms with Crippen LogP contribution in [-0.4, -0.2) is 65.1 Å². The van der Waals surface area contributed by atoms with Gasteiger partial charge in [-0.3, -0.25) is 4.90 Å². The van der Waals surface area contributed by atoms with Gasteiger partial charge in [-0.2, -0.15) is 0 Å². The molecule has 1 saturated heterocycles. The van der Waals surface area contributed by atoms with Gasteiger partial charge in [-0.15, -0.1) is 0 Å². The summed E-state index contributed by atoms with van der Waals surface area (Å²) in [5.74, 6) is -0.254. The quantitative estimate of drug-likeness (QED) is 0.536. The van der Waals surface area contributed by atoms with E-state index in [9.17, 15) is 8.78 Å². The second kappa shape index (κ2) is 10.7. The number of rotatable bonds is 8. The minimum absolute atomic E-state index is 0.0321. The first-order valence-corrected chi connectivity index (χ1v) is 11.0. The van der Waals surface area contributed by atoms with Crippen LogP contribution in [0.15, 0.2) is 36.8 Å². The Labute approximate surface area is 197 Å². The molecule has 1 fully saturated rings. The molecule has 0 unspecified atom stereocenters. The number of hydrogen-bond acceptors (Lipinski definition) is 8. The molecule has 3 aromatic rings. The summed E-state index contributed by atoms with van der Waals surface area (Å²) in [4.78, 5) is 17.6. The summed E-state index contributed by atoms with van der Waals surface area (Å²) in [7, 11) is 3.47. The summed E-state index contributed by atoms with van der Waals surface area (Å²) in [5.41, 5.74) is 1.21. The van der Waals surface area contributed by atoms with E-state index >= 15 is 0 Å². The van der Waals surface area contributed by atoms with Gasteiger partial charge in [0.15, 0.2) is 17.3 Å². The first kappa shape index (κ1) is 23.8. The molecule has 10 heteroatoms. The number of halogens is 2. The maximum atomic E-state index is 14.4. The minimum Gasteiger partial charge on any atom is -0.494 e. The van der Waals surface area contributed by atoms with Crippen LogP contribution in [-0.2, 0) is 13.2 Å². The molecule has 34 heavy (non-hydrogen) atoms. The number of nitrogens with one attached hydrogen (secondary N) is 1. The number of ether oxygens (including phenoxy) is 2. The Bertz CT molecular complexity index is 1100. The van der Waals surface area contributed by atoms with Gasteiger partial charge >= 0.3 is 0 Å². The summed E-state index contributed by atoms with van der Waals surface area (Å²) < 4.78 is 39.2. The second-order valence-corrected chi connectivity index (χ2v) is 8.29. The molecule has 0 spiro atoms. The molecule has 1 aromatic carbocycles. The third-order valence-corrected chi connectivity index (χ3v) is 5.74. The summed E-state index contributed by atoms with van der Waals surface area (Å²) in [6.45, 7) is 6.35. The lowest BCUT2D eigenvalue weighted by Gasteiger charge is -2.32. The predicted molar refractivity (Wildman–Crippen MR) is 124 cm³/mol. The molecular weight excluding hydrogens is 442 g/mol. The molecular formula is C24H28F2N6O2. The smallest absolute Gasteiger partial charge is 0.228 e. The van der Waals surface area contributed by atoms with Gasteiger partial charge in [0.05, 0.1) is 25.1 Å². The molecule has 1 N–H and O–H groups in total. The Kier molecular flexibility index (Phi) is 7.49. The molecule has 3 heterocycles. The van der Waals surface area contributed by atoms with Crippen molar-refractivity contribution in [2.24, 2.45) is 0 Å². The van der Waals surface area contributed by atoms with E-state index in [0.29, 0.717) is 11.8 Å². The summed E-state index contributed by atoms with van der Waals surface area (Å²) in [5, 5.41) is 3.04. The van der Waals surface area contributed by atoms with E-state index in [0.717, 1.165) is 38.3 Å². The van der Waals surface area contributed by atoms with E-state index in [-0.39, 0.29) is 29.2 Å². The normalized spacial score (nSPS) is 14.7. The molecule has 4 rings (SSSR count). The monoisotopic (exact) mass is 470 g/mol. The predicted octanol–water partition coefficient (Wildman–Crippen LogP) is 3.54. The van der Waals surface area contributed by atoms with E-state index in [1.54, 1.807) is 0 Å². The number of benzene rings is 1. The number of methoxy groups -OCH3 is 1. The molecule has 0 atom stereocenters. The van der Waals surface area contributed by atoms with Crippen LogP contribution in [0.2, 0.25) is 0 Å². The Morgan fingerprint density at radius 3 is 2.38 bits per heavy atom. The van der Waals surface area contributed by atoms with Gasteiger partial charge in [-0.25, -0.2) is 23.7 Å². The first-order chi connectivity index (χ1) is 16.4. The zero-order valence-electron chi connectivity index (χ0n) is 19.5. The van der Waals surface area contributed by atoms with E-state index < -0.39 is 11.6 Å². The second-order valence-electron chi connectivity index (χ2n) is 8.29. The zero-order valence-corrected chi connectivity index (χ0v) is 19.5. The molecule has 0 saturated carbocycles. The highest BCUT2D eigenvalue weighted by atomic mass is 19.1. The summed E-state index contributed by atoms with van der Waals surface area (Å²) in [6, 6.07) is 5.23. The van der Waals surface area contributed by atoms with Gasteiger partial charge in [0, 0.05) is 38.9 Å². The lowest BCUT2D eigenvalue weighted by atomic mass is 10.1. The fourth-order valence-corrected chi connectivity index (χ4v) is 3.66. The average molecular weight is 471 g/mol. The topological polar surface area (TPSA) is 75.6 Å². The van der Waals surface area contributed by atoms with Crippen molar-refractivity contribution in [3.05, 3.63) is 65.1 Å². The summed E-state index contributed by atoms with van der Waals surface area (Å²) in [6.07, 6.45) is 4.71. The fourth-order valence-electron chi connectivity index (χ4n) is 3.66. The van der Waals surface area contributed by atoms with Crippen molar-refractivity contribution >= 4 is 11.8 Å². The van der Waals surface area contributed by atoms with Crippen molar-refractivity contribution in [1.82, 2.24) is 24.8 Å². The summed E-state index contributed by atoms with van der Waals surface area (Å²) >= 11 is 0. The molecule has 0 amide bonds. The maximum absolute atomic E-state index is 14.4. The Hall–Kier alpha value is -3.37. The van der Waals surface area contributed by atoms with Crippen LogP contribution >= 0.6 is 0 Å². The molecule has 2 aromatic heterocycles. The SMILES string of the molecule is COc1cc(C)c(F)c(COc2cnc(Nc3ccc(CN4CCN(C)CC4)cn3)nc2)c1F. The lowest BCUT2D eigenvalue weighted by Crippen LogP contribution is -2.43. The third kappa shape index (κ3) is 5.75. The first-order valence-electron chi connectivity index (χ1n) is 11.0. The number of nitrogens with zero attached hydrogens (tertiary/aromatic N) is 5. The van der Waals surface area contributed by atoms with E-state index in [4.69, 9.17) is 9.47 Å². The van der Waals surface area contributed by atoms with Gasteiger partial charge in [0.2, 0.25) is 5.95 Å². The Balaban J connectivity index is 1.32. The van der Waals surface area contributed by atoms with E-state index in [2.05, 4.69) is 37.1 Å². The number of anilines is 2. The fraction of sp³-hybridized carbons (Fsp3) is 0.375. The van der Waals surface area contributed by atoms with Crippen LogP contribution < -0.4 is 14.8 Å². The third-order valence-electron chi connectivity index (χ3n) is 5.74. The van der Waals surface area contributed by atoms with Crippen LogP contribution in [0.5, 0.6) is 11.5 Å². The number of pyridine rings is 1. The lowest BCUT2D eigenvalue weighted by molar-refractivity contribution is 0.148. The van der Waals surface area contributed by atoms with Crippen molar-refractivity contribution in [3.8, 4) is 11.5 Å². The standard InChI is InChI=1S/C24H28F2N6O2/c1-16-10-20(33-3)23(26)19(22(16)25)15-34-18-12-28-24(29-13-18)30-21-5-4-17(11-27-21)14-32-8-6-31(2)7-9-32/h4-5,10-13H,6-9,14-15H2,1-3H3,(H,27,28,29,30). The number of piperazine rings is 1. The van der Waals surface area contributed by atoms with Crippen LogP contribution in [0.25, 0.3) is 0 Å². The van der Waals surface area contributed by atoms with Crippen LogP contribution in [0.3, 0.4) is 0 Å². The maximum Gasteiger partial charge on any atom is 0.228 e. The Morgan fingerprint density at radius 1 is 1.00 bits per heavy atom. The van der Waals surface area contributed by atoms with Crippen molar-refractivity contribution in [2.45, 2.75) is 20.1 Å². The molecule has 1 aliphatic rings. The zero-order chi connectivity index (χ0) is 24.1. The number of aromatic nitrogens is 3. The van der Waals surface area contributed by atoms with Crippen molar-refractivity contribution in [3.63, 3.8) is 0 Å². The van der Waals surface area contributed by atoms with Gasteiger partial charge < -0.3 is 19.7 Å². The number of hydrogen-bond donors (Lipinski definition) is 1. The molecule has 0 bridgehead atoms. The largest absolute Gasteiger partial charge is 0.494 e. The molecule has 0 aliphatic carbocycles. The molecule has 8 nitrogen and oxygen atoms in total. The minimum atomic E-state index is -0.785. The number of aryl methyl sites for hydroxylation is 1. The van der Waals surface area contributed by atoms with Crippen LogP contribution in [0.1, 0.15) is 16.7 Å². The van der Waals surface area contributed by atoms with Crippen molar-refractivity contribution in [1.29, 1.82) is 0 Å². The van der Waals surface area contributed by atoms with E-state index in [1.165, 1.54) is 32.5 Å². The van der Waals surface area contributed by atoms with Crippen LogP contribution in [0, 0.1) is 18.6 Å².